The lowest BCUT2D eigenvalue weighted by Gasteiger charge is -2.38. The molecule has 2 unspecified atom stereocenters. The van der Waals surface area contributed by atoms with E-state index in [9.17, 15) is 5.11 Å². The standard InChI is InChI=1S/C13H24O3/c1-9-8-10(2)15-13(12(9)14)16-11-6-4-3-5-7-11/h9-14H,3-8H2,1-2H3/t9?,10?,12-,13+/m1/s1. The average molecular weight is 228 g/mol. The Hall–Kier alpha value is -0.120. The average Bonchev–Trinajstić information content (AvgIpc) is 2.27. The van der Waals surface area contributed by atoms with Gasteiger partial charge in [0.05, 0.1) is 12.2 Å². The van der Waals surface area contributed by atoms with E-state index >= 15 is 0 Å². The van der Waals surface area contributed by atoms with Crippen molar-refractivity contribution in [2.24, 2.45) is 5.92 Å². The molecule has 0 spiro atoms. The molecule has 3 heteroatoms. The Bertz CT molecular complexity index is 213. The zero-order chi connectivity index (χ0) is 11.5. The molecule has 94 valence electrons. The van der Waals surface area contributed by atoms with E-state index in [-0.39, 0.29) is 12.0 Å². The highest BCUT2D eigenvalue weighted by atomic mass is 16.7. The van der Waals surface area contributed by atoms with Gasteiger partial charge in [0.1, 0.15) is 6.10 Å². The third kappa shape index (κ3) is 2.96. The van der Waals surface area contributed by atoms with Crippen LogP contribution in [0, 0.1) is 5.92 Å². The van der Waals surface area contributed by atoms with Crippen LogP contribution < -0.4 is 0 Å². The van der Waals surface area contributed by atoms with E-state index in [1.165, 1.54) is 19.3 Å². The fraction of sp³-hybridized carbons (Fsp3) is 1.00. The molecular formula is C13H24O3. The molecule has 1 aliphatic heterocycles. The summed E-state index contributed by atoms with van der Waals surface area (Å²) in [4.78, 5) is 0. The Balaban J connectivity index is 1.86. The van der Waals surface area contributed by atoms with Gasteiger partial charge in [-0.15, -0.1) is 0 Å². The molecule has 0 aromatic rings. The lowest BCUT2D eigenvalue weighted by Crippen LogP contribution is -2.46. The Kier molecular flexibility index (Phi) is 4.22. The van der Waals surface area contributed by atoms with E-state index in [2.05, 4.69) is 13.8 Å². The van der Waals surface area contributed by atoms with Crippen LogP contribution in [0.3, 0.4) is 0 Å². The summed E-state index contributed by atoms with van der Waals surface area (Å²) in [6.07, 6.45) is 6.62. The van der Waals surface area contributed by atoms with Gasteiger partial charge in [0.25, 0.3) is 0 Å². The molecular weight excluding hydrogens is 204 g/mol. The topological polar surface area (TPSA) is 38.7 Å². The summed E-state index contributed by atoms with van der Waals surface area (Å²) in [7, 11) is 0. The minimum absolute atomic E-state index is 0.201. The fourth-order valence-electron chi connectivity index (χ4n) is 2.80. The first-order chi connectivity index (χ1) is 7.66. The lowest BCUT2D eigenvalue weighted by atomic mass is 9.94. The van der Waals surface area contributed by atoms with Crippen molar-refractivity contribution in [2.75, 3.05) is 0 Å². The highest BCUT2D eigenvalue weighted by Crippen LogP contribution is 2.29. The number of aliphatic hydroxyl groups excluding tert-OH is 1. The second-order valence-corrected chi connectivity index (χ2v) is 5.41. The molecule has 4 atom stereocenters. The predicted octanol–water partition coefficient (Wildman–Crippen LogP) is 2.47. The summed E-state index contributed by atoms with van der Waals surface area (Å²) in [5.41, 5.74) is 0. The van der Waals surface area contributed by atoms with Crippen molar-refractivity contribution < 1.29 is 14.6 Å². The van der Waals surface area contributed by atoms with Crippen molar-refractivity contribution in [1.29, 1.82) is 0 Å². The lowest BCUT2D eigenvalue weighted by molar-refractivity contribution is -0.269. The van der Waals surface area contributed by atoms with Gasteiger partial charge in [-0.25, -0.2) is 0 Å². The summed E-state index contributed by atoms with van der Waals surface area (Å²) < 4.78 is 11.6. The summed E-state index contributed by atoms with van der Waals surface area (Å²) in [6, 6.07) is 0. The Morgan fingerprint density at radius 1 is 1.12 bits per heavy atom. The van der Waals surface area contributed by atoms with Gasteiger partial charge in [-0.3, -0.25) is 0 Å². The van der Waals surface area contributed by atoms with Gasteiger partial charge in [-0.2, -0.15) is 0 Å². The van der Waals surface area contributed by atoms with Gasteiger partial charge in [0, 0.05) is 0 Å². The van der Waals surface area contributed by atoms with E-state index in [0.29, 0.717) is 6.10 Å². The Morgan fingerprint density at radius 3 is 2.50 bits per heavy atom. The first kappa shape index (κ1) is 12.3. The summed E-state index contributed by atoms with van der Waals surface area (Å²) in [5, 5.41) is 10.0. The van der Waals surface area contributed by atoms with Gasteiger partial charge in [0.2, 0.25) is 0 Å². The SMILES string of the molecule is CC1CC(C)[C@@H](O)[C@H](OC2CCCCC2)O1. The van der Waals surface area contributed by atoms with Gasteiger partial charge >= 0.3 is 0 Å². The maximum absolute atomic E-state index is 10.0. The summed E-state index contributed by atoms with van der Waals surface area (Å²) in [5.74, 6) is 0.275. The molecule has 2 aliphatic rings. The van der Waals surface area contributed by atoms with Crippen LogP contribution >= 0.6 is 0 Å². The molecule has 1 N–H and O–H groups in total. The van der Waals surface area contributed by atoms with E-state index in [0.717, 1.165) is 19.3 Å². The molecule has 1 heterocycles. The molecule has 2 fully saturated rings. The first-order valence-corrected chi connectivity index (χ1v) is 6.66. The fourth-order valence-corrected chi connectivity index (χ4v) is 2.80. The third-order valence-electron chi connectivity index (χ3n) is 3.81. The van der Waals surface area contributed by atoms with Gasteiger partial charge in [-0.05, 0) is 32.1 Å². The van der Waals surface area contributed by atoms with Crippen LogP contribution in [-0.4, -0.2) is 29.7 Å². The van der Waals surface area contributed by atoms with Crippen LogP contribution in [0.25, 0.3) is 0 Å². The molecule has 3 nitrogen and oxygen atoms in total. The maximum Gasteiger partial charge on any atom is 0.184 e. The molecule has 2 rings (SSSR count). The van der Waals surface area contributed by atoms with Crippen molar-refractivity contribution in [3.8, 4) is 0 Å². The molecule has 0 bridgehead atoms. The number of ether oxygens (including phenoxy) is 2. The van der Waals surface area contributed by atoms with Crippen molar-refractivity contribution in [2.45, 2.75) is 77.0 Å². The van der Waals surface area contributed by atoms with Crippen molar-refractivity contribution in [3.63, 3.8) is 0 Å². The van der Waals surface area contributed by atoms with Crippen molar-refractivity contribution in [1.82, 2.24) is 0 Å². The minimum atomic E-state index is -0.460. The number of hydrogen-bond acceptors (Lipinski definition) is 3. The van der Waals surface area contributed by atoms with Crippen molar-refractivity contribution >= 4 is 0 Å². The Labute approximate surface area is 98.1 Å². The summed E-state index contributed by atoms with van der Waals surface area (Å²) in [6.45, 7) is 4.13. The number of rotatable bonds is 2. The molecule has 1 saturated heterocycles. The molecule has 0 aromatic carbocycles. The number of aliphatic hydroxyl groups is 1. The van der Waals surface area contributed by atoms with Crippen LogP contribution in [-0.2, 0) is 9.47 Å². The normalized spacial score (nSPS) is 42.2. The second-order valence-electron chi connectivity index (χ2n) is 5.41. The van der Waals surface area contributed by atoms with Crippen LogP contribution in [0.1, 0.15) is 52.4 Å². The second kappa shape index (κ2) is 5.48. The predicted molar refractivity (Wildman–Crippen MR) is 62.1 cm³/mol. The number of hydrogen-bond donors (Lipinski definition) is 1. The van der Waals surface area contributed by atoms with Crippen LogP contribution in [0.4, 0.5) is 0 Å². The van der Waals surface area contributed by atoms with E-state index in [4.69, 9.17) is 9.47 Å². The van der Waals surface area contributed by atoms with E-state index in [1.54, 1.807) is 0 Å². The maximum atomic E-state index is 10.0. The smallest absolute Gasteiger partial charge is 0.184 e. The minimum Gasteiger partial charge on any atom is -0.388 e. The van der Waals surface area contributed by atoms with Gasteiger partial charge in [-0.1, -0.05) is 26.2 Å². The van der Waals surface area contributed by atoms with Gasteiger partial charge < -0.3 is 14.6 Å². The zero-order valence-electron chi connectivity index (χ0n) is 10.4. The summed E-state index contributed by atoms with van der Waals surface area (Å²) >= 11 is 0. The molecule has 16 heavy (non-hydrogen) atoms. The van der Waals surface area contributed by atoms with Crippen LogP contribution in [0.5, 0.6) is 0 Å². The highest BCUT2D eigenvalue weighted by molar-refractivity contribution is 4.78. The zero-order valence-corrected chi connectivity index (χ0v) is 10.4. The monoisotopic (exact) mass is 228 g/mol. The first-order valence-electron chi connectivity index (χ1n) is 6.66. The molecule has 1 aliphatic carbocycles. The molecule has 0 radical (unpaired) electrons. The van der Waals surface area contributed by atoms with Crippen LogP contribution in [0.2, 0.25) is 0 Å². The molecule has 0 amide bonds. The van der Waals surface area contributed by atoms with Gasteiger partial charge in [0.15, 0.2) is 6.29 Å². The quantitative estimate of drug-likeness (QED) is 0.789. The molecule has 0 aromatic heterocycles. The third-order valence-corrected chi connectivity index (χ3v) is 3.81. The Morgan fingerprint density at radius 2 is 1.81 bits per heavy atom. The largest absolute Gasteiger partial charge is 0.388 e. The highest BCUT2D eigenvalue weighted by Gasteiger charge is 2.35. The van der Waals surface area contributed by atoms with E-state index in [1.807, 2.05) is 0 Å². The van der Waals surface area contributed by atoms with E-state index < -0.39 is 12.4 Å². The molecule has 1 saturated carbocycles. The van der Waals surface area contributed by atoms with Crippen LogP contribution in [0.15, 0.2) is 0 Å². The van der Waals surface area contributed by atoms with Crippen molar-refractivity contribution in [3.05, 3.63) is 0 Å².